The lowest BCUT2D eigenvalue weighted by atomic mass is 10.2. The van der Waals surface area contributed by atoms with Crippen LogP contribution in [0.1, 0.15) is 5.56 Å². The normalized spacial score (nSPS) is 10.2. The predicted molar refractivity (Wildman–Crippen MR) is 44.9 cm³/mol. The Morgan fingerprint density at radius 2 is 1.75 bits per heavy atom. The van der Waals surface area contributed by atoms with E-state index >= 15 is 0 Å². The van der Waals surface area contributed by atoms with Gasteiger partial charge in [-0.25, -0.2) is 8.78 Å². The van der Waals surface area contributed by atoms with Gasteiger partial charge in [0.25, 0.3) is 0 Å². The van der Waals surface area contributed by atoms with E-state index in [1.165, 1.54) is 12.1 Å². The van der Waals surface area contributed by atoms with Gasteiger partial charge in [-0.3, -0.25) is 0 Å². The topological polar surface area (TPSA) is 9.23 Å². The summed E-state index contributed by atoms with van der Waals surface area (Å²) in [5, 5.41) is 0. The molecule has 0 aliphatic rings. The molecule has 0 aromatic heterocycles. The Kier molecular flexibility index (Phi) is 3.62. The first-order chi connectivity index (χ1) is 5.72. The molecule has 0 heterocycles. The molecule has 0 radical (unpaired) electrons. The zero-order valence-electron chi connectivity index (χ0n) is 6.19. The molecule has 0 N–H and O–H groups in total. The maximum absolute atomic E-state index is 12.5. The first-order valence-electron chi connectivity index (χ1n) is 3.31. The van der Waals surface area contributed by atoms with Gasteiger partial charge in [0, 0.05) is 6.07 Å². The molecule has 0 bridgehead atoms. The molecule has 4 heteroatoms. The summed E-state index contributed by atoms with van der Waals surface area (Å²) >= 11 is 3.03. The van der Waals surface area contributed by atoms with Crippen molar-refractivity contribution in [3.8, 4) is 0 Å². The van der Waals surface area contributed by atoms with Crippen LogP contribution in [-0.4, -0.2) is 5.52 Å². The monoisotopic (exact) mass is 236 g/mol. The van der Waals surface area contributed by atoms with Gasteiger partial charge >= 0.3 is 0 Å². The minimum atomic E-state index is -0.580. The lowest BCUT2D eigenvalue weighted by Gasteiger charge is -2.00. The fourth-order valence-electron chi connectivity index (χ4n) is 0.851. The van der Waals surface area contributed by atoms with Crippen LogP contribution in [-0.2, 0) is 11.3 Å². The van der Waals surface area contributed by atoms with E-state index in [4.69, 9.17) is 4.74 Å². The highest BCUT2D eigenvalue weighted by Gasteiger charge is 1.99. The van der Waals surface area contributed by atoms with E-state index in [0.717, 1.165) is 6.07 Å². The molecule has 1 aromatic carbocycles. The fourth-order valence-corrected chi connectivity index (χ4v) is 1.01. The smallest absolute Gasteiger partial charge is 0.126 e. The summed E-state index contributed by atoms with van der Waals surface area (Å²) in [6, 6.07) is 3.31. The summed E-state index contributed by atoms with van der Waals surface area (Å²) < 4.78 is 30.0. The fraction of sp³-hybridized carbons (Fsp3) is 0.250. The SMILES string of the molecule is Fc1cc(F)cc(COCBr)c1. The molecule has 1 rings (SSSR count). The molecular formula is C8H7BrF2O. The van der Waals surface area contributed by atoms with Crippen molar-refractivity contribution in [3.63, 3.8) is 0 Å². The summed E-state index contributed by atoms with van der Waals surface area (Å²) in [6.07, 6.45) is 0. The Hall–Kier alpha value is -0.480. The van der Waals surface area contributed by atoms with E-state index in [1.54, 1.807) is 0 Å². The van der Waals surface area contributed by atoms with Crippen LogP contribution in [0.25, 0.3) is 0 Å². The standard InChI is InChI=1S/C8H7BrF2O/c9-5-12-4-6-1-7(10)3-8(11)2-6/h1-3H,4-5H2. The van der Waals surface area contributed by atoms with Gasteiger partial charge < -0.3 is 4.74 Å². The second-order valence-corrected chi connectivity index (χ2v) is 2.69. The Bertz CT molecular complexity index is 245. The minimum Gasteiger partial charge on any atom is -0.366 e. The molecule has 0 saturated heterocycles. The van der Waals surface area contributed by atoms with Crippen LogP contribution < -0.4 is 0 Å². The van der Waals surface area contributed by atoms with Crippen LogP contribution >= 0.6 is 15.9 Å². The van der Waals surface area contributed by atoms with Gasteiger partial charge in [0.2, 0.25) is 0 Å². The molecule has 12 heavy (non-hydrogen) atoms. The third kappa shape index (κ3) is 2.87. The molecule has 0 fully saturated rings. The van der Waals surface area contributed by atoms with Crippen molar-refractivity contribution in [3.05, 3.63) is 35.4 Å². The Balaban J connectivity index is 2.72. The van der Waals surface area contributed by atoms with Gasteiger partial charge in [-0.15, -0.1) is 0 Å². The molecule has 0 unspecified atom stereocenters. The second-order valence-electron chi connectivity index (χ2n) is 2.24. The Morgan fingerprint density at radius 1 is 1.17 bits per heavy atom. The lowest BCUT2D eigenvalue weighted by Crippen LogP contribution is -1.92. The predicted octanol–water partition coefficient (Wildman–Crippen LogP) is 2.83. The van der Waals surface area contributed by atoms with Crippen LogP contribution in [0, 0.1) is 11.6 Å². The summed E-state index contributed by atoms with van der Waals surface area (Å²) in [7, 11) is 0. The summed E-state index contributed by atoms with van der Waals surface area (Å²) in [5.41, 5.74) is 0.845. The summed E-state index contributed by atoms with van der Waals surface area (Å²) in [6.45, 7) is 0.208. The van der Waals surface area contributed by atoms with E-state index in [-0.39, 0.29) is 6.61 Å². The van der Waals surface area contributed by atoms with Gasteiger partial charge in [0.1, 0.15) is 17.2 Å². The lowest BCUT2D eigenvalue weighted by molar-refractivity contribution is 0.172. The van der Waals surface area contributed by atoms with Crippen LogP contribution in [0.4, 0.5) is 8.78 Å². The molecular weight excluding hydrogens is 230 g/mol. The number of benzene rings is 1. The van der Waals surface area contributed by atoms with E-state index in [2.05, 4.69) is 15.9 Å². The van der Waals surface area contributed by atoms with E-state index < -0.39 is 11.6 Å². The third-order valence-electron chi connectivity index (χ3n) is 1.27. The Morgan fingerprint density at radius 3 is 2.25 bits per heavy atom. The van der Waals surface area contributed by atoms with Gasteiger partial charge in [0.05, 0.1) is 6.61 Å². The van der Waals surface area contributed by atoms with Crippen LogP contribution in [0.2, 0.25) is 0 Å². The molecule has 0 aliphatic heterocycles. The zero-order chi connectivity index (χ0) is 8.97. The van der Waals surface area contributed by atoms with Crippen molar-refractivity contribution in [1.82, 2.24) is 0 Å². The summed E-state index contributed by atoms with van der Waals surface area (Å²) in [4.78, 5) is 0. The molecule has 0 spiro atoms. The molecule has 66 valence electrons. The molecule has 0 aliphatic carbocycles. The van der Waals surface area contributed by atoms with Gasteiger partial charge in [-0.1, -0.05) is 15.9 Å². The van der Waals surface area contributed by atoms with Crippen LogP contribution in [0.3, 0.4) is 0 Å². The quantitative estimate of drug-likeness (QED) is 0.734. The van der Waals surface area contributed by atoms with Crippen LogP contribution in [0.15, 0.2) is 18.2 Å². The Labute approximate surface area is 77.5 Å². The number of hydrogen-bond donors (Lipinski definition) is 0. The molecule has 0 amide bonds. The third-order valence-corrected chi connectivity index (χ3v) is 1.59. The van der Waals surface area contributed by atoms with E-state index in [1.807, 2.05) is 0 Å². The van der Waals surface area contributed by atoms with Crippen molar-refractivity contribution in [1.29, 1.82) is 0 Å². The van der Waals surface area contributed by atoms with Gasteiger partial charge in [-0.2, -0.15) is 0 Å². The number of rotatable bonds is 3. The average molecular weight is 237 g/mol. The van der Waals surface area contributed by atoms with Gasteiger partial charge in [0.15, 0.2) is 0 Å². The van der Waals surface area contributed by atoms with Crippen molar-refractivity contribution in [2.75, 3.05) is 5.52 Å². The maximum atomic E-state index is 12.5. The number of alkyl halides is 1. The van der Waals surface area contributed by atoms with E-state index in [9.17, 15) is 8.78 Å². The highest BCUT2D eigenvalue weighted by atomic mass is 79.9. The minimum absolute atomic E-state index is 0.208. The number of hydrogen-bond acceptors (Lipinski definition) is 1. The molecule has 0 atom stereocenters. The second kappa shape index (κ2) is 4.52. The first kappa shape index (κ1) is 9.61. The highest BCUT2D eigenvalue weighted by Crippen LogP contribution is 2.09. The maximum Gasteiger partial charge on any atom is 0.126 e. The van der Waals surface area contributed by atoms with Crippen molar-refractivity contribution in [2.24, 2.45) is 0 Å². The van der Waals surface area contributed by atoms with Crippen molar-refractivity contribution < 1.29 is 13.5 Å². The largest absolute Gasteiger partial charge is 0.366 e. The van der Waals surface area contributed by atoms with Gasteiger partial charge in [-0.05, 0) is 17.7 Å². The molecule has 0 saturated carbocycles. The highest BCUT2D eigenvalue weighted by molar-refractivity contribution is 9.09. The average Bonchev–Trinajstić information content (AvgIpc) is 1.99. The number of ether oxygens (including phenoxy) is 1. The first-order valence-corrected chi connectivity index (χ1v) is 4.43. The van der Waals surface area contributed by atoms with Crippen molar-refractivity contribution >= 4 is 15.9 Å². The van der Waals surface area contributed by atoms with Crippen molar-refractivity contribution in [2.45, 2.75) is 6.61 Å². The molecule has 1 nitrogen and oxygen atoms in total. The van der Waals surface area contributed by atoms with E-state index in [0.29, 0.717) is 11.1 Å². The molecule has 1 aromatic rings. The van der Waals surface area contributed by atoms with Crippen LogP contribution in [0.5, 0.6) is 0 Å². The number of halogens is 3. The summed E-state index contributed by atoms with van der Waals surface area (Å²) in [5.74, 6) is -1.16. The zero-order valence-corrected chi connectivity index (χ0v) is 7.77.